The maximum absolute atomic E-state index is 11.9. The van der Waals surface area contributed by atoms with Crippen LogP contribution in [0.4, 0.5) is 10.5 Å². The monoisotopic (exact) mass is 317 g/mol. The number of ether oxygens (including phenoxy) is 2. The predicted molar refractivity (Wildman–Crippen MR) is 87.1 cm³/mol. The summed E-state index contributed by atoms with van der Waals surface area (Å²) in [5, 5.41) is 3.40. The molecular formula is C17H19NO5. The number of carbonyl (C=O) groups is 2. The molecule has 1 heterocycles. The van der Waals surface area contributed by atoms with E-state index < -0.39 is 17.7 Å². The van der Waals surface area contributed by atoms with Gasteiger partial charge in [-0.25, -0.2) is 9.59 Å². The van der Waals surface area contributed by atoms with Gasteiger partial charge < -0.3 is 13.9 Å². The molecule has 1 aromatic heterocycles. The number of amides is 1. The smallest absolute Gasteiger partial charge is 0.412 e. The van der Waals surface area contributed by atoms with Crippen LogP contribution in [0.2, 0.25) is 0 Å². The molecule has 2 rings (SSSR count). The molecule has 6 heteroatoms. The summed E-state index contributed by atoms with van der Waals surface area (Å²) in [4.78, 5) is 23.0. The van der Waals surface area contributed by atoms with E-state index in [-0.39, 0.29) is 0 Å². The zero-order chi connectivity index (χ0) is 17.0. The second kappa shape index (κ2) is 6.56. The molecule has 6 nitrogen and oxygen atoms in total. The molecule has 0 saturated heterocycles. The lowest BCUT2D eigenvalue weighted by molar-refractivity contribution is -0.134. The van der Waals surface area contributed by atoms with Crippen LogP contribution < -0.4 is 5.32 Å². The summed E-state index contributed by atoms with van der Waals surface area (Å²) >= 11 is 0. The summed E-state index contributed by atoms with van der Waals surface area (Å²) in [7, 11) is 1.30. The average Bonchev–Trinajstić information content (AvgIpc) is 2.86. The Morgan fingerprint density at radius 3 is 2.65 bits per heavy atom. The third kappa shape index (κ3) is 4.60. The van der Waals surface area contributed by atoms with Gasteiger partial charge in [0.25, 0.3) is 0 Å². The second-order valence-corrected chi connectivity index (χ2v) is 5.85. The van der Waals surface area contributed by atoms with Crippen molar-refractivity contribution in [3.8, 4) is 0 Å². The number of nitrogens with one attached hydrogen (secondary N) is 1. The summed E-state index contributed by atoms with van der Waals surface area (Å²) in [6.07, 6.45) is 2.22. The fraction of sp³-hybridized carbons (Fsp3) is 0.294. The Kier molecular flexibility index (Phi) is 4.74. The van der Waals surface area contributed by atoms with Gasteiger partial charge in [-0.3, -0.25) is 5.32 Å². The molecule has 23 heavy (non-hydrogen) atoms. The van der Waals surface area contributed by atoms with Crippen LogP contribution in [0.1, 0.15) is 26.5 Å². The van der Waals surface area contributed by atoms with E-state index in [4.69, 9.17) is 9.15 Å². The summed E-state index contributed by atoms with van der Waals surface area (Å²) in [6.45, 7) is 5.38. The minimum atomic E-state index is -0.581. The molecule has 0 spiro atoms. The molecule has 0 aliphatic rings. The van der Waals surface area contributed by atoms with Crippen molar-refractivity contribution in [3.05, 3.63) is 36.1 Å². The first-order chi connectivity index (χ1) is 10.8. The predicted octanol–water partition coefficient (Wildman–Crippen LogP) is 3.97. The lowest BCUT2D eigenvalue weighted by Crippen LogP contribution is -2.27. The summed E-state index contributed by atoms with van der Waals surface area (Å²) < 4.78 is 15.4. The molecule has 122 valence electrons. The lowest BCUT2D eigenvalue weighted by atomic mass is 10.2. The van der Waals surface area contributed by atoms with Crippen molar-refractivity contribution in [2.75, 3.05) is 12.4 Å². The maximum atomic E-state index is 11.9. The molecule has 0 bridgehead atoms. The van der Waals surface area contributed by atoms with E-state index in [0.29, 0.717) is 22.4 Å². The van der Waals surface area contributed by atoms with E-state index >= 15 is 0 Å². The highest BCUT2D eigenvalue weighted by atomic mass is 16.6. The van der Waals surface area contributed by atoms with Crippen molar-refractivity contribution in [1.29, 1.82) is 0 Å². The van der Waals surface area contributed by atoms with E-state index in [1.807, 2.05) is 0 Å². The van der Waals surface area contributed by atoms with Gasteiger partial charge in [-0.1, -0.05) is 6.07 Å². The first kappa shape index (κ1) is 16.6. The molecule has 0 saturated carbocycles. The highest BCUT2D eigenvalue weighted by Crippen LogP contribution is 2.28. The standard InChI is InChI=1S/C17H19NO5/c1-17(2,3)23-16(20)18-13-6-5-7-14-12(13)10-11(22-14)8-9-15(19)21-4/h5-10H,1-4H3,(H,18,20)/b9-8+. The fourth-order valence-electron chi connectivity index (χ4n) is 1.90. The van der Waals surface area contributed by atoms with Gasteiger partial charge in [0.05, 0.1) is 12.8 Å². The fourth-order valence-corrected chi connectivity index (χ4v) is 1.90. The number of carbonyl (C=O) groups excluding carboxylic acids is 2. The van der Waals surface area contributed by atoms with Gasteiger partial charge in [0.15, 0.2) is 0 Å². The lowest BCUT2D eigenvalue weighted by Gasteiger charge is -2.19. The van der Waals surface area contributed by atoms with Crippen LogP contribution >= 0.6 is 0 Å². The second-order valence-electron chi connectivity index (χ2n) is 5.85. The largest absolute Gasteiger partial charge is 0.466 e. The Hall–Kier alpha value is -2.76. The number of esters is 1. The minimum Gasteiger partial charge on any atom is -0.466 e. The Morgan fingerprint density at radius 2 is 2.00 bits per heavy atom. The van der Waals surface area contributed by atoms with Gasteiger partial charge in [0.2, 0.25) is 0 Å². The molecule has 1 amide bonds. The number of anilines is 1. The van der Waals surface area contributed by atoms with E-state index in [0.717, 1.165) is 0 Å². The van der Waals surface area contributed by atoms with Crippen molar-refractivity contribution < 1.29 is 23.5 Å². The third-order valence-electron chi connectivity index (χ3n) is 2.80. The number of furan rings is 1. The Bertz CT molecular complexity index is 752. The van der Waals surface area contributed by atoms with Crippen LogP contribution in [0, 0.1) is 0 Å². The van der Waals surface area contributed by atoms with Gasteiger partial charge in [0.1, 0.15) is 16.9 Å². The average molecular weight is 317 g/mol. The molecule has 0 radical (unpaired) electrons. The zero-order valence-corrected chi connectivity index (χ0v) is 13.5. The Labute approximate surface area is 134 Å². The van der Waals surface area contributed by atoms with Crippen molar-refractivity contribution >= 4 is 34.8 Å². The van der Waals surface area contributed by atoms with Gasteiger partial charge >= 0.3 is 12.1 Å². The molecule has 0 fully saturated rings. The van der Waals surface area contributed by atoms with Crippen LogP contribution in [0.3, 0.4) is 0 Å². The number of fused-ring (bicyclic) bond motifs is 1. The van der Waals surface area contributed by atoms with Crippen molar-refractivity contribution in [1.82, 2.24) is 0 Å². The van der Waals surface area contributed by atoms with Crippen LogP contribution in [-0.4, -0.2) is 24.8 Å². The highest BCUT2D eigenvalue weighted by molar-refractivity contribution is 5.99. The maximum Gasteiger partial charge on any atom is 0.412 e. The summed E-state index contributed by atoms with van der Waals surface area (Å²) in [5.41, 5.74) is 0.573. The quantitative estimate of drug-likeness (QED) is 0.684. The van der Waals surface area contributed by atoms with Gasteiger partial charge in [-0.15, -0.1) is 0 Å². The normalized spacial score (nSPS) is 11.7. The van der Waals surface area contributed by atoms with Crippen LogP contribution in [-0.2, 0) is 14.3 Å². The van der Waals surface area contributed by atoms with Crippen LogP contribution in [0.25, 0.3) is 17.0 Å². The van der Waals surface area contributed by atoms with E-state index in [2.05, 4.69) is 10.1 Å². The van der Waals surface area contributed by atoms with E-state index in [9.17, 15) is 9.59 Å². The van der Waals surface area contributed by atoms with Crippen LogP contribution in [0.5, 0.6) is 0 Å². The molecule has 1 N–H and O–H groups in total. The molecule has 0 aliphatic heterocycles. The SMILES string of the molecule is COC(=O)/C=C/c1cc2c(NC(=O)OC(C)(C)C)cccc2o1. The van der Waals surface area contributed by atoms with E-state index in [1.165, 1.54) is 19.3 Å². The first-order valence-corrected chi connectivity index (χ1v) is 7.07. The van der Waals surface area contributed by atoms with Crippen molar-refractivity contribution in [3.63, 3.8) is 0 Å². The summed E-state index contributed by atoms with van der Waals surface area (Å²) in [5.74, 6) is 0.00129. The van der Waals surface area contributed by atoms with E-state index in [1.54, 1.807) is 45.0 Å². The third-order valence-corrected chi connectivity index (χ3v) is 2.80. The number of methoxy groups -OCH3 is 1. The number of benzene rings is 1. The zero-order valence-electron chi connectivity index (χ0n) is 13.5. The van der Waals surface area contributed by atoms with Gasteiger partial charge in [-0.05, 0) is 45.0 Å². The van der Waals surface area contributed by atoms with Gasteiger partial charge in [0, 0.05) is 11.5 Å². The van der Waals surface area contributed by atoms with Crippen molar-refractivity contribution in [2.45, 2.75) is 26.4 Å². The van der Waals surface area contributed by atoms with Crippen LogP contribution in [0.15, 0.2) is 34.8 Å². The molecule has 2 aromatic rings. The summed E-state index contributed by atoms with van der Waals surface area (Å²) in [6, 6.07) is 6.99. The van der Waals surface area contributed by atoms with Crippen molar-refractivity contribution in [2.24, 2.45) is 0 Å². The minimum absolute atomic E-state index is 0.474. The molecular weight excluding hydrogens is 298 g/mol. The first-order valence-electron chi connectivity index (χ1n) is 7.07. The molecule has 0 unspecified atom stereocenters. The highest BCUT2D eigenvalue weighted by Gasteiger charge is 2.17. The Balaban J connectivity index is 2.24. The number of hydrogen-bond acceptors (Lipinski definition) is 5. The number of rotatable bonds is 3. The molecule has 1 aromatic carbocycles. The van der Waals surface area contributed by atoms with Gasteiger partial charge in [-0.2, -0.15) is 0 Å². The Morgan fingerprint density at radius 1 is 1.26 bits per heavy atom. The topological polar surface area (TPSA) is 77.8 Å². The number of hydrogen-bond donors (Lipinski definition) is 1. The molecule has 0 atom stereocenters. The molecule has 0 aliphatic carbocycles.